The van der Waals surface area contributed by atoms with Crippen molar-refractivity contribution >= 4 is 16.8 Å². The molecule has 2 aliphatic rings. The number of hydrogen-bond acceptors (Lipinski definition) is 4. The van der Waals surface area contributed by atoms with Crippen molar-refractivity contribution in [1.29, 1.82) is 0 Å². The van der Waals surface area contributed by atoms with Gasteiger partial charge in [0.2, 0.25) is 0 Å². The Morgan fingerprint density at radius 2 is 1.60 bits per heavy atom. The summed E-state index contributed by atoms with van der Waals surface area (Å²) in [6, 6.07) is 12.7. The summed E-state index contributed by atoms with van der Waals surface area (Å²) in [7, 11) is 3.30. The zero-order chi connectivity index (χ0) is 24.9. The Hall–Kier alpha value is -2.99. The van der Waals surface area contributed by atoms with Crippen molar-refractivity contribution in [1.82, 2.24) is 14.8 Å². The SMILES string of the molecule is COc1ccc(-c2[nH]c3ccc(C(=O)N4CC5CN(C(C)C)CC5C4)cc3c2C(C)C)cc1OC. The smallest absolute Gasteiger partial charge is 0.253 e. The van der Waals surface area contributed by atoms with Gasteiger partial charge in [0, 0.05) is 54.3 Å². The van der Waals surface area contributed by atoms with E-state index in [9.17, 15) is 4.79 Å². The van der Waals surface area contributed by atoms with Crippen molar-refractivity contribution in [3.05, 3.63) is 47.5 Å². The van der Waals surface area contributed by atoms with Crippen LogP contribution in [0.2, 0.25) is 0 Å². The van der Waals surface area contributed by atoms with Gasteiger partial charge in [-0.25, -0.2) is 0 Å². The van der Waals surface area contributed by atoms with Gasteiger partial charge in [-0.3, -0.25) is 4.79 Å². The minimum Gasteiger partial charge on any atom is -0.493 e. The Kier molecular flexibility index (Phi) is 6.26. The summed E-state index contributed by atoms with van der Waals surface area (Å²) in [5.41, 5.74) is 5.13. The van der Waals surface area contributed by atoms with Gasteiger partial charge in [0.05, 0.1) is 19.9 Å². The van der Waals surface area contributed by atoms with Gasteiger partial charge >= 0.3 is 0 Å². The first-order valence-corrected chi connectivity index (χ1v) is 12.7. The minimum absolute atomic E-state index is 0.154. The third-order valence-electron chi connectivity index (χ3n) is 7.87. The summed E-state index contributed by atoms with van der Waals surface area (Å²) in [6.07, 6.45) is 0. The van der Waals surface area contributed by atoms with Crippen LogP contribution in [0.4, 0.5) is 0 Å². The van der Waals surface area contributed by atoms with Crippen LogP contribution in [0.5, 0.6) is 11.5 Å². The number of rotatable bonds is 6. The van der Waals surface area contributed by atoms with Crippen LogP contribution in [0.15, 0.2) is 36.4 Å². The zero-order valence-corrected chi connectivity index (χ0v) is 21.7. The average molecular weight is 476 g/mol. The van der Waals surface area contributed by atoms with Gasteiger partial charge in [0.25, 0.3) is 5.91 Å². The molecular weight excluding hydrogens is 438 g/mol. The zero-order valence-electron chi connectivity index (χ0n) is 21.7. The molecular formula is C29H37N3O3. The van der Waals surface area contributed by atoms with E-state index in [0.717, 1.165) is 53.9 Å². The maximum absolute atomic E-state index is 13.5. The number of aromatic nitrogens is 1. The number of ether oxygens (including phenoxy) is 2. The Balaban J connectivity index is 1.46. The van der Waals surface area contributed by atoms with Crippen LogP contribution in [0.25, 0.3) is 22.2 Å². The van der Waals surface area contributed by atoms with Crippen molar-refractivity contribution in [3.8, 4) is 22.8 Å². The molecule has 2 atom stereocenters. The minimum atomic E-state index is 0.154. The maximum atomic E-state index is 13.5. The number of likely N-dealkylation sites (tertiary alicyclic amines) is 2. The molecule has 2 saturated heterocycles. The second-order valence-electron chi connectivity index (χ2n) is 10.7. The molecule has 1 aromatic heterocycles. The highest BCUT2D eigenvalue weighted by atomic mass is 16.5. The fourth-order valence-electron chi connectivity index (χ4n) is 5.96. The Bertz CT molecular complexity index is 1230. The molecule has 0 radical (unpaired) electrons. The first kappa shape index (κ1) is 23.7. The summed E-state index contributed by atoms with van der Waals surface area (Å²) in [5.74, 6) is 3.04. The van der Waals surface area contributed by atoms with Crippen LogP contribution >= 0.6 is 0 Å². The van der Waals surface area contributed by atoms with E-state index >= 15 is 0 Å². The number of hydrogen-bond donors (Lipinski definition) is 1. The first-order valence-electron chi connectivity index (χ1n) is 12.7. The van der Waals surface area contributed by atoms with E-state index in [1.165, 1.54) is 5.56 Å². The summed E-state index contributed by atoms with van der Waals surface area (Å²) in [5, 5.41) is 1.11. The number of amides is 1. The van der Waals surface area contributed by atoms with Crippen molar-refractivity contribution < 1.29 is 14.3 Å². The van der Waals surface area contributed by atoms with Crippen LogP contribution < -0.4 is 9.47 Å². The predicted octanol–water partition coefficient (Wildman–Crippen LogP) is 5.39. The molecule has 2 unspecified atom stereocenters. The molecule has 5 rings (SSSR count). The second-order valence-corrected chi connectivity index (χ2v) is 10.7. The van der Waals surface area contributed by atoms with Gasteiger partial charge in [-0.15, -0.1) is 0 Å². The lowest BCUT2D eigenvalue weighted by Gasteiger charge is -2.24. The lowest BCUT2D eigenvalue weighted by molar-refractivity contribution is 0.0771. The fraction of sp³-hybridized carbons (Fsp3) is 0.483. The molecule has 1 amide bonds. The van der Waals surface area contributed by atoms with Crippen molar-refractivity contribution in [2.24, 2.45) is 11.8 Å². The van der Waals surface area contributed by atoms with Crippen LogP contribution in [0.1, 0.15) is 49.5 Å². The van der Waals surface area contributed by atoms with E-state index in [1.54, 1.807) is 14.2 Å². The topological polar surface area (TPSA) is 57.8 Å². The Morgan fingerprint density at radius 1 is 0.914 bits per heavy atom. The third kappa shape index (κ3) is 4.18. The van der Waals surface area contributed by atoms with Crippen molar-refractivity contribution in [3.63, 3.8) is 0 Å². The van der Waals surface area contributed by atoms with Gasteiger partial charge in [-0.1, -0.05) is 13.8 Å². The number of H-pyrrole nitrogens is 1. The number of carbonyl (C=O) groups excluding carboxylic acids is 1. The van der Waals surface area contributed by atoms with E-state index in [4.69, 9.17) is 9.47 Å². The molecule has 0 bridgehead atoms. The van der Waals surface area contributed by atoms with Crippen LogP contribution in [0.3, 0.4) is 0 Å². The van der Waals surface area contributed by atoms with Crippen LogP contribution in [-0.2, 0) is 0 Å². The number of nitrogens with one attached hydrogen (secondary N) is 1. The van der Waals surface area contributed by atoms with Crippen molar-refractivity contribution in [2.75, 3.05) is 40.4 Å². The third-order valence-corrected chi connectivity index (χ3v) is 7.87. The summed E-state index contributed by atoms with van der Waals surface area (Å²) >= 11 is 0. The highest BCUT2D eigenvalue weighted by Gasteiger charge is 2.42. The van der Waals surface area contributed by atoms with E-state index in [0.29, 0.717) is 29.4 Å². The second kappa shape index (κ2) is 9.23. The summed E-state index contributed by atoms with van der Waals surface area (Å²) in [6.45, 7) is 12.9. The van der Waals surface area contributed by atoms with Crippen LogP contribution in [0, 0.1) is 11.8 Å². The fourth-order valence-corrected chi connectivity index (χ4v) is 5.96. The van der Waals surface area contributed by atoms with Crippen molar-refractivity contribution in [2.45, 2.75) is 39.7 Å². The number of fused-ring (bicyclic) bond motifs is 2. The quantitative estimate of drug-likeness (QED) is 0.520. The van der Waals surface area contributed by atoms with Gasteiger partial charge in [-0.05, 0) is 73.6 Å². The van der Waals surface area contributed by atoms with E-state index < -0.39 is 0 Å². The van der Waals surface area contributed by atoms with Crippen LogP contribution in [-0.4, -0.2) is 67.1 Å². The monoisotopic (exact) mass is 475 g/mol. The average Bonchev–Trinajstić information content (AvgIpc) is 3.54. The Morgan fingerprint density at radius 3 is 2.20 bits per heavy atom. The lowest BCUT2D eigenvalue weighted by Crippen LogP contribution is -2.35. The predicted molar refractivity (Wildman–Crippen MR) is 141 cm³/mol. The lowest BCUT2D eigenvalue weighted by atomic mass is 9.95. The highest BCUT2D eigenvalue weighted by molar-refractivity contribution is 6.01. The van der Waals surface area contributed by atoms with Gasteiger partial charge in [-0.2, -0.15) is 0 Å². The molecule has 0 saturated carbocycles. The highest BCUT2D eigenvalue weighted by Crippen LogP contribution is 2.40. The number of benzene rings is 2. The molecule has 0 aliphatic carbocycles. The molecule has 6 nitrogen and oxygen atoms in total. The normalized spacial score (nSPS) is 20.3. The maximum Gasteiger partial charge on any atom is 0.253 e. The van der Waals surface area contributed by atoms with Gasteiger partial charge < -0.3 is 24.3 Å². The number of aromatic amines is 1. The summed E-state index contributed by atoms with van der Waals surface area (Å²) in [4.78, 5) is 21.8. The summed E-state index contributed by atoms with van der Waals surface area (Å²) < 4.78 is 11.0. The largest absolute Gasteiger partial charge is 0.493 e. The van der Waals surface area contributed by atoms with Gasteiger partial charge in [0.1, 0.15) is 0 Å². The molecule has 2 aliphatic heterocycles. The van der Waals surface area contributed by atoms with E-state index in [2.05, 4.69) is 54.6 Å². The molecule has 2 aromatic carbocycles. The number of nitrogens with zero attached hydrogens (tertiary/aromatic N) is 2. The number of methoxy groups -OCH3 is 2. The molecule has 1 N–H and O–H groups in total. The first-order chi connectivity index (χ1) is 16.8. The van der Waals surface area contributed by atoms with Gasteiger partial charge in [0.15, 0.2) is 11.5 Å². The van der Waals surface area contributed by atoms with E-state index in [1.807, 2.05) is 24.3 Å². The molecule has 0 spiro atoms. The Labute approximate surface area is 208 Å². The molecule has 3 heterocycles. The molecule has 2 fully saturated rings. The molecule has 3 aromatic rings. The standard InChI is InChI=1S/C29H37N3O3/c1-17(2)27-23-11-20(29(33)32-15-21-13-31(18(3)4)14-22(21)16-32)7-9-24(23)30-28(27)19-8-10-25(34-5)26(12-19)35-6/h7-12,17-18,21-22,30H,13-16H2,1-6H3. The van der Waals surface area contributed by atoms with E-state index in [-0.39, 0.29) is 11.8 Å². The molecule has 186 valence electrons. The molecule has 35 heavy (non-hydrogen) atoms. The molecule has 6 heteroatoms. The number of carbonyl (C=O) groups is 1.